The number of nitrogen functional groups attached to an aromatic ring is 1. The van der Waals surface area contributed by atoms with Gasteiger partial charge in [0.1, 0.15) is 0 Å². The van der Waals surface area contributed by atoms with Gasteiger partial charge in [0.25, 0.3) is 5.91 Å². The lowest BCUT2D eigenvalue weighted by Crippen LogP contribution is -2.27. The lowest BCUT2D eigenvalue weighted by atomic mass is 10.1. The topological polar surface area (TPSA) is 141 Å². The first-order valence-electron chi connectivity index (χ1n) is 6.34. The second-order valence-electron chi connectivity index (χ2n) is 4.49. The number of anilines is 1. The molecule has 2 aromatic rings. The summed E-state index contributed by atoms with van der Waals surface area (Å²) < 4.78 is 22.3. The van der Waals surface area contributed by atoms with Gasteiger partial charge in [0.15, 0.2) is 11.5 Å². The number of nitrogens with one attached hydrogen (secondary N) is 1. The van der Waals surface area contributed by atoms with Crippen molar-refractivity contribution in [1.82, 2.24) is 15.3 Å². The lowest BCUT2D eigenvalue weighted by molar-refractivity contribution is 0.0950. The Balaban J connectivity index is 1.92. The number of hydrogen-bond acceptors (Lipinski definition) is 6. The van der Waals surface area contributed by atoms with Gasteiger partial charge < -0.3 is 11.1 Å². The molecule has 1 heterocycles. The van der Waals surface area contributed by atoms with Crippen molar-refractivity contribution in [1.29, 1.82) is 0 Å². The molecule has 0 radical (unpaired) electrons. The van der Waals surface area contributed by atoms with Crippen LogP contribution in [0, 0.1) is 0 Å². The molecule has 0 bridgehead atoms. The second kappa shape index (κ2) is 6.50. The fourth-order valence-electron chi connectivity index (χ4n) is 1.77. The summed E-state index contributed by atoms with van der Waals surface area (Å²) >= 11 is 0. The maximum Gasteiger partial charge on any atom is 0.273 e. The van der Waals surface area contributed by atoms with Gasteiger partial charge in [-0.1, -0.05) is 12.1 Å². The van der Waals surface area contributed by atoms with E-state index in [0.717, 1.165) is 5.56 Å². The highest BCUT2D eigenvalue weighted by Gasteiger charge is 2.11. The SMILES string of the molecule is Nc1nccnc1C(=O)NCCc1ccc(S(N)(=O)=O)cc1. The number of hydrogen-bond donors (Lipinski definition) is 3. The van der Waals surface area contributed by atoms with Gasteiger partial charge in [-0.15, -0.1) is 0 Å². The number of aromatic nitrogens is 2. The first-order valence-corrected chi connectivity index (χ1v) is 7.89. The Hall–Kier alpha value is -2.52. The Morgan fingerprint density at radius 2 is 1.77 bits per heavy atom. The molecule has 0 unspecified atom stereocenters. The van der Waals surface area contributed by atoms with Crippen LogP contribution in [0.3, 0.4) is 0 Å². The number of carbonyl (C=O) groups is 1. The van der Waals surface area contributed by atoms with Crippen LogP contribution in [0.25, 0.3) is 0 Å². The quantitative estimate of drug-likeness (QED) is 0.689. The van der Waals surface area contributed by atoms with Crippen molar-refractivity contribution in [3.8, 4) is 0 Å². The number of nitrogens with two attached hydrogens (primary N) is 2. The average Bonchev–Trinajstić information content (AvgIpc) is 2.47. The van der Waals surface area contributed by atoms with Crippen molar-refractivity contribution >= 4 is 21.7 Å². The number of carbonyl (C=O) groups excluding carboxylic acids is 1. The summed E-state index contributed by atoms with van der Waals surface area (Å²) in [5.41, 5.74) is 6.50. The van der Waals surface area contributed by atoms with Crippen LogP contribution in [0.15, 0.2) is 41.6 Å². The smallest absolute Gasteiger partial charge is 0.273 e. The fourth-order valence-corrected chi connectivity index (χ4v) is 2.29. The van der Waals surface area contributed by atoms with Crippen molar-refractivity contribution in [3.05, 3.63) is 47.9 Å². The third kappa shape index (κ3) is 3.99. The summed E-state index contributed by atoms with van der Waals surface area (Å²) in [4.78, 5) is 19.5. The highest BCUT2D eigenvalue weighted by molar-refractivity contribution is 7.89. The van der Waals surface area contributed by atoms with E-state index in [1.54, 1.807) is 12.1 Å². The van der Waals surface area contributed by atoms with Crippen LogP contribution in [-0.4, -0.2) is 30.8 Å². The Morgan fingerprint density at radius 3 is 2.36 bits per heavy atom. The summed E-state index contributed by atoms with van der Waals surface area (Å²) in [6.45, 7) is 0.351. The van der Waals surface area contributed by atoms with Gasteiger partial charge in [0.2, 0.25) is 10.0 Å². The molecule has 9 heteroatoms. The number of primary sulfonamides is 1. The van der Waals surface area contributed by atoms with E-state index in [2.05, 4.69) is 15.3 Å². The van der Waals surface area contributed by atoms with E-state index in [0.29, 0.717) is 13.0 Å². The molecule has 0 fully saturated rings. The van der Waals surface area contributed by atoms with Crippen molar-refractivity contribution in [2.75, 3.05) is 12.3 Å². The Bertz CT molecular complexity index is 775. The molecule has 116 valence electrons. The van der Waals surface area contributed by atoms with Crippen molar-refractivity contribution in [3.63, 3.8) is 0 Å². The number of sulfonamides is 1. The van der Waals surface area contributed by atoms with Gasteiger partial charge in [-0.3, -0.25) is 4.79 Å². The van der Waals surface area contributed by atoms with Gasteiger partial charge >= 0.3 is 0 Å². The van der Waals surface area contributed by atoms with Crippen LogP contribution in [0.4, 0.5) is 5.82 Å². The zero-order valence-corrected chi connectivity index (χ0v) is 12.4. The zero-order valence-electron chi connectivity index (χ0n) is 11.6. The predicted octanol–water partition coefficient (Wildman–Crippen LogP) is -0.321. The molecule has 1 aromatic heterocycles. The van der Waals surface area contributed by atoms with Crippen LogP contribution in [0.2, 0.25) is 0 Å². The lowest BCUT2D eigenvalue weighted by Gasteiger charge is -2.06. The summed E-state index contributed by atoms with van der Waals surface area (Å²) in [6, 6.07) is 6.13. The average molecular weight is 321 g/mol. The minimum absolute atomic E-state index is 0.0487. The van der Waals surface area contributed by atoms with Crippen LogP contribution in [0.5, 0.6) is 0 Å². The van der Waals surface area contributed by atoms with Crippen LogP contribution in [0.1, 0.15) is 16.1 Å². The molecule has 0 saturated carbocycles. The first-order chi connectivity index (χ1) is 10.4. The molecule has 0 aliphatic rings. The largest absolute Gasteiger partial charge is 0.382 e. The van der Waals surface area contributed by atoms with Crippen LogP contribution < -0.4 is 16.2 Å². The van der Waals surface area contributed by atoms with E-state index in [1.807, 2.05) is 0 Å². The third-order valence-corrected chi connectivity index (χ3v) is 3.82. The van der Waals surface area contributed by atoms with Crippen molar-refractivity contribution < 1.29 is 13.2 Å². The highest BCUT2D eigenvalue weighted by Crippen LogP contribution is 2.09. The molecule has 2 rings (SSSR count). The molecule has 5 N–H and O–H groups in total. The predicted molar refractivity (Wildman–Crippen MR) is 80.3 cm³/mol. The number of nitrogens with zero attached hydrogens (tertiary/aromatic N) is 2. The number of benzene rings is 1. The molecule has 0 aliphatic carbocycles. The summed E-state index contributed by atoms with van der Waals surface area (Å²) in [5.74, 6) is -0.343. The molecule has 8 nitrogen and oxygen atoms in total. The molecular weight excluding hydrogens is 306 g/mol. The van der Waals surface area contributed by atoms with Gasteiger partial charge in [0.05, 0.1) is 4.90 Å². The Morgan fingerprint density at radius 1 is 1.14 bits per heavy atom. The van der Waals surface area contributed by atoms with Gasteiger partial charge in [-0.25, -0.2) is 23.5 Å². The Kier molecular flexibility index (Phi) is 4.68. The minimum Gasteiger partial charge on any atom is -0.382 e. The molecule has 22 heavy (non-hydrogen) atoms. The monoisotopic (exact) mass is 321 g/mol. The molecule has 0 spiro atoms. The molecule has 0 saturated heterocycles. The number of amides is 1. The van der Waals surface area contributed by atoms with Gasteiger partial charge in [-0.2, -0.15) is 0 Å². The van der Waals surface area contributed by atoms with Crippen molar-refractivity contribution in [2.45, 2.75) is 11.3 Å². The van der Waals surface area contributed by atoms with Crippen LogP contribution >= 0.6 is 0 Å². The zero-order chi connectivity index (χ0) is 16.2. The Labute approximate surface area is 127 Å². The molecular formula is C13H15N5O3S. The highest BCUT2D eigenvalue weighted by atomic mass is 32.2. The van der Waals surface area contributed by atoms with E-state index in [4.69, 9.17) is 10.9 Å². The van der Waals surface area contributed by atoms with E-state index in [1.165, 1.54) is 24.5 Å². The first kappa shape index (κ1) is 15.9. The standard InChI is InChI=1S/C13H15N5O3S/c14-12-11(16-7-8-17-12)13(19)18-6-5-9-1-3-10(4-2-9)22(15,20)21/h1-4,7-8H,5-6H2,(H2,14,17)(H,18,19)(H2,15,20,21). The van der Waals surface area contributed by atoms with E-state index in [9.17, 15) is 13.2 Å². The second-order valence-corrected chi connectivity index (χ2v) is 6.05. The fraction of sp³-hybridized carbons (Fsp3) is 0.154. The normalized spacial score (nSPS) is 11.1. The van der Waals surface area contributed by atoms with E-state index >= 15 is 0 Å². The van der Waals surface area contributed by atoms with E-state index < -0.39 is 15.9 Å². The number of rotatable bonds is 5. The third-order valence-electron chi connectivity index (χ3n) is 2.89. The van der Waals surface area contributed by atoms with Crippen molar-refractivity contribution in [2.24, 2.45) is 5.14 Å². The maximum atomic E-state index is 11.9. The summed E-state index contributed by atoms with van der Waals surface area (Å²) in [7, 11) is -3.69. The van der Waals surface area contributed by atoms with E-state index in [-0.39, 0.29) is 16.4 Å². The minimum atomic E-state index is -3.69. The summed E-state index contributed by atoms with van der Waals surface area (Å²) in [6.07, 6.45) is 3.31. The molecule has 0 atom stereocenters. The summed E-state index contributed by atoms with van der Waals surface area (Å²) in [5, 5.41) is 7.68. The maximum absolute atomic E-state index is 11.9. The molecule has 1 amide bonds. The molecule has 0 aliphatic heterocycles. The van der Waals surface area contributed by atoms with Crippen LogP contribution in [-0.2, 0) is 16.4 Å². The molecule has 1 aromatic carbocycles. The van der Waals surface area contributed by atoms with Gasteiger partial charge in [-0.05, 0) is 24.1 Å². The van der Waals surface area contributed by atoms with Gasteiger partial charge in [0, 0.05) is 18.9 Å².